The van der Waals surface area contributed by atoms with Crippen molar-refractivity contribution in [1.82, 2.24) is 5.32 Å². The number of unbranched alkanes of at least 4 members (excludes halogenated alkanes) is 1. The quantitative estimate of drug-likeness (QED) is 0.485. The molecule has 0 atom stereocenters. The van der Waals surface area contributed by atoms with E-state index in [1.165, 1.54) is 11.3 Å². The third-order valence-corrected chi connectivity index (χ3v) is 5.90. The smallest absolute Gasteiger partial charge is 0.341 e. The van der Waals surface area contributed by atoms with E-state index >= 15 is 0 Å². The monoisotopic (exact) mass is 408 g/mol. The molecule has 0 aliphatic carbocycles. The van der Waals surface area contributed by atoms with Crippen molar-refractivity contribution in [2.24, 2.45) is 0 Å². The zero-order valence-electron chi connectivity index (χ0n) is 15.7. The van der Waals surface area contributed by atoms with Gasteiger partial charge in [-0.25, -0.2) is 4.79 Å². The number of thiophene rings is 2. The molecule has 146 valence electrons. The van der Waals surface area contributed by atoms with E-state index in [-0.39, 0.29) is 30.4 Å². The molecular formula is C19H24N2O4S2. The molecule has 2 rings (SSSR count). The summed E-state index contributed by atoms with van der Waals surface area (Å²) < 4.78 is 5.12. The third kappa shape index (κ3) is 5.64. The Morgan fingerprint density at radius 2 is 2.00 bits per heavy atom. The van der Waals surface area contributed by atoms with Crippen LogP contribution in [0.3, 0.4) is 0 Å². The standard InChI is InChI=1S/C19H24N2O4S2/c1-4-6-9-20-17(23)16-12(3)15(19(24)25-5-2)18(27-16)21-14(22)11-13-8-7-10-26-13/h7-8,10H,4-6,9,11H2,1-3H3,(H,20,23)(H,21,22). The predicted molar refractivity (Wildman–Crippen MR) is 109 cm³/mol. The Morgan fingerprint density at radius 1 is 1.22 bits per heavy atom. The van der Waals surface area contributed by atoms with Gasteiger partial charge in [0.2, 0.25) is 5.91 Å². The number of esters is 1. The van der Waals surface area contributed by atoms with Crippen LogP contribution in [0.1, 0.15) is 57.2 Å². The fraction of sp³-hybridized carbons (Fsp3) is 0.421. The van der Waals surface area contributed by atoms with Gasteiger partial charge >= 0.3 is 5.97 Å². The normalized spacial score (nSPS) is 10.5. The second kappa shape index (κ2) is 10.2. The van der Waals surface area contributed by atoms with Crippen LogP contribution in [-0.2, 0) is 16.0 Å². The lowest BCUT2D eigenvalue weighted by molar-refractivity contribution is -0.115. The Bertz CT molecular complexity index is 797. The summed E-state index contributed by atoms with van der Waals surface area (Å²) in [5.41, 5.74) is 0.779. The van der Waals surface area contributed by atoms with Crippen LogP contribution in [0.25, 0.3) is 0 Å². The summed E-state index contributed by atoms with van der Waals surface area (Å²) in [5, 5.41) is 7.89. The largest absolute Gasteiger partial charge is 0.462 e. The van der Waals surface area contributed by atoms with E-state index in [0.717, 1.165) is 29.1 Å². The molecule has 2 N–H and O–H groups in total. The van der Waals surface area contributed by atoms with Gasteiger partial charge in [-0.2, -0.15) is 0 Å². The maximum Gasteiger partial charge on any atom is 0.341 e. The van der Waals surface area contributed by atoms with Gasteiger partial charge in [0.1, 0.15) is 5.00 Å². The molecule has 0 unspecified atom stereocenters. The van der Waals surface area contributed by atoms with Crippen molar-refractivity contribution in [3.05, 3.63) is 38.4 Å². The Labute approximate surface area is 166 Å². The van der Waals surface area contributed by atoms with Gasteiger partial charge in [0.05, 0.1) is 23.5 Å². The first-order chi connectivity index (χ1) is 13.0. The first-order valence-electron chi connectivity index (χ1n) is 8.88. The molecule has 2 heterocycles. The van der Waals surface area contributed by atoms with Crippen molar-refractivity contribution < 1.29 is 19.1 Å². The Morgan fingerprint density at radius 3 is 2.63 bits per heavy atom. The van der Waals surface area contributed by atoms with Crippen molar-refractivity contribution in [1.29, 1.82) is 0 Å². The second-order valence-electron chi connectivity index (χ2n) is 5.89. The molecule has 0 spiro atoms. The zero-order chi connectivity index (χ0) is 19.8. The van der Waals surface area contributed by atoms with Crippen molar-refractivity contribution in [3.8, 4) is 0 Å². The second-order valence-corrected chi connectivity index (χ2v) is 7.95. The summed E-state index contributed by atoms with van der Waals surface area (Å²) in [4.78, 5) is 38.6. The van der Waals surface area contributed by atoms with Crippen molar-refractivity contribution in [2.45, 2.75) is 40.0 Å². The van der Waals surface area contributed by atoms with Gasteiger partial charge in [-0.05, 0) is 37.3 Å². The van der Waals surface area contributed by atoms with E-state index in [4.69, 9.17) is 4.74 Å². The maximum atomic E-state index is 12.5. The summed E-state index contributed by atoms with van der Waals surface area (Å²) in [7, 11) is 0. The van der Waals surface area contributed by atoms with Crippen LogP contribution in [0.15, 0.2) is 17.5 Å². The third-order valence-electron chi connectivity index (χ3n) is 3.82. The lowest BCUT2D eigenvalue weighted by Gasteiger charge is -2.06. The molecule has 0 aliphatic rings. The van der Waals surface area contributed by atoms with E-state index in [1.54, 1.807) is 13.8 Å². The average molecular weight is 409 g/mol. The highest BCUT2D eigenvalue weighted by molar-refractivity contribution is 7.18. The molecule has 27 heavy (non-hydrogen) atoms. The molecule has 2 amide bonds. The number of anilines is 1. The molecule has 0 bridgehead atoms. The number of carbonyl (C=O) groups is 3. The van der Waals surface area contributed by atoms with Crippen LogP contribution >= 0.6 is 22.7 Å². The molecule has 0 aromatic carbocycles. The zero-order valence-corrected chi connectivity index (χ0v) is 17.4. The summed E-state index contributed by atoms with van der Waals surface area (Å²) >= 11 is 2.60. The molecule has 0 saturated heterocycles. The first-order valence-corrected chi connectivity index (χ1v) is 10.6. The van der Waals surface area contributed by atoms with Crippen molar-refractivity contribution in [2.75, 3.05) is 18.5 Å². The molecule has 6 nitrogen and oxygen atoms in total. The predicted octanol–water partition coefficient (Wildman–Crippen LogP) is 4.01. The minimum Gasteiger partial charge on any atom is -0.462 e. The number of nitrogens with one attached hydrogen (secondary N) is 2. The van der Waals surface area contributed by atoms with E-state index in [0.29, 0.717) is 22.0 Å². The van der Waals surface area contributed by atoms with Crippen LogP contribution in [0, 0.1) is 6.92 Å². The molecule has 8 heteroatoms. The van der Waals surface area contributed by atoms with Crippen LogP contribution in [0.4, 0.5) is 5.00 Å². The Hall–Kier alpha value is -2.19. The highest BCUT2D eigenvalue weighted by Crippen LogP contribution is 2.34. The number of amides is 2. The molecule has 0 saturated carbocycles. The highest BCUT2D eigenvalue weighted by Gasteiger charge is 2.26. The number of rotatable bonds is 9. The first kappa shape index (κ1) is 21.1. The topological polar surface area (TPSA) is 84.5 Å². The molecule has 0 aliphatic heterocycles. The fourth-order valence-corrected chi connectivity index (χ4v) is 4.30. The molecule has 0 fully saturated rings. The molecule has 2 aromatic rings. The molecule has 2 aromatic heterocycles. The molecule has 0 radical (unpaired) electrons. The van der Waals surface area contributed by atoms with E-state index in [9.17, 15) is 14.4 Å². The van der Waals surface area contributed by atoms with Gasteiger partial charge in [0.15, 0.2) is 0 Å². The summed E-state index contributed by atoms with van der Waals surface area (Å²) in [6.07, 6.45) is 2.07. The van der Waals surface area contributed by atoms with Crippen LogP contribution in [0.5, 0.6) is 0 Å². The van der Waals surface area contributed by atoms with Gasteiger partial charge in [-0.1, -0.05) is 19.4 Å². The van der Waals surface area contributed by atoms with E-state index < -0.39 is 5.97 Å². The molecular weight excluding hydrogens is 384 g/mol. The van der Waals surface area contributed by atoms with E-state index in [1.807, 2.05) is 24.4 Å². The number of hydrogen-bond acceptors (Lipinski definition) is 6. The van der Waals surface area contributed by atoms with Gasteiger partial charge in [0.25, 0.3) is 5.91 Å². The SMILES string of the molecule is CCCCNC(=O)c1sc(NC(=O)Cc2cccs2)c(C(=O)OCC)c1C. The summed E-state index contributed by atoms with van der Waals surface area (Å²) in [6, 6.07) is 3.76. The number of carbonyl (C=O) groups excluding carboxylic acids is 3. The van der Waals surface area contributed by atoms with E-state index in [2.05, 4.69) is 10.6 Å². The van der Waals surface area contributed by atoms with Gasteiger partial charge in [0, 0.05) is 11.4 Å². The average Bonchev–Trinajstić information content (AvgIpc) is 3.23. The van der Waals surface area contributed by atoms with Gasteiger partial charge in [-0.3, -0.25) is 9.59 Å². The van der Waals surface area contributed by atoms with Gasteiger partial charge in [-0.15, -0.1) is 22.7 Å². The highest BCUT2D eigenvalue weighted by atomic mass is 32.1. The maximum absolute atomic E-state index is 12.5. The minimum atomic E-state index is -0.537. The van der Waals surface area contributed by atoms with Crippen molar-refractivity contribution in [3.63, 3.8) is 0 Å². The number of hydrogen-bond donors (Lipinski definition) is 2. The fourth-order valence-electron chi connectivity index (χ4n) is 2.47. The minimum absolute atomic E-state index is 0.217. The van der Waals surface area contributed by atoms with Gasteiger partial charge < -0.3 is 15.4 Å². The Balaban J connectivity index is 2.24. The van der Waals surface area contributed by atoms with Crippen LogP contribution < -0.4 is 10.6 Å². The lowest BCUT2D eigenvalue weighted by atomic mass is 10.1. The summed E-state index contributed by atoms with van der Waals surface area (Å²) in [5.74, 6) is -1.01. The lowest BCUT2D eigenvalue weighted by Crippen LogP contribution is -2.24. The van der Waals surface area contributed by atoms with Crippen molar-refractivity contribution >= 4 is 45.5 Å². The Kier molecular flexibility index (Phi) is 7.99. The van der Waals surface area contributed by atoms with Crippen LogP contribution in [-0.4, -0.2) is 30.9 Å². The van der Waals surface area contributed by atoms with Crippen LogP contribution in [0.2, 0.25) is 0 Å². The summed E-state index contributed by atoms with van der Waals surface area (Å²) in [6.45, 7) is 6.25. The number of ether oxygens (including phenoxy) is 1.